The van der Waals surface area contributed by atoms with Crippen molar-refractivity contribution < 1.29 is 13.7 Å². The summed E-state index contributed by atoms with van der Waals surface area (Å²) in [5, 5.41) is 6.89. The third-order valence-corrected chi connectivity index (χ3v) is 3.96. The molecular formula is C17H20N2O3. The Bertz CT molecular complexity index is 668. The van der Waals surface area contributed by atoms with Crippen molar-refractivity contribution in [2.75, 3.05) is 6.54 Å². The Balaban J connectivity index is 1.65. The van der Waals surface area contributed by atoms with Gasteiger partial charge >= 0.3 is 0 Å². The lowest BCUT2D eigenvalue weighted by Gasteiger charge is -2.12. The van der Waals surface area contributed by atoms with E-state index in [1.165, 1.54) is 18.4 Å². The summed E-state index contributed by atoms with van der Waals surface area (Å²) in [5.41, 5.74) is 2.35. The number of furan rings is 1. The Labute approximate surface area is 129 Å². The maximum atomic E-state index is 12.4. The van der Waals surface area contributed by atoms with E-state index in [4.69, 9.17) is 8.94 Å². The van der Waals surface area contributed by atoms with Crippen molar-refractivity contribution in [3.63, 3.8) is 0 Å². The maximum Gasteiger partial charge on any atom is 0.257 e. The highest BCUT2D eigenvalue weighted by atomic mass is 16.5. The van der Waals surface area contributed by atoms with Crippen molar-refractivity contribution in [2.24, 2.45) is 0 Å². The minimum absolute atomic E-state index is 0.165. The number of aryl methyl sites for hydroxylation is 1. The largest absolute Gasteiger partial charge is 0.463 e. The molecule has 1 aliphatic carbocycles. The zero-order valence-electron chi connectivity index (χ0n) is 12.7. The van der Waals surface area contributed by atoms with Crippen LogP contribution >= 0.6 is 0 Å². The van der Waals surface area contributed by atoms with Crippen LogP contribution in [-0.4, -0.2) is 17.6 Å². The molecule has 0 atom stereocenters. The number of nitrogens with one attached hydrogen (secondary N) is 1. The zero-order valence-corrected chi connectivity index (χ0v) is 12.7. The minimum atomic E-state index is -0.165. The van der Waals surface area contributed by atoms with Gasteiger partial charge in [-0.3, -0.25) is 4.79 Å². The molecule has 1 aliphatic rings. The fourth-order valence-electron chi connectivity index (χ4n) is 2.78. The van der Waals surface area contributed by atoms with Crippen molar-refractivity contribution >= 4 is 5.91 Å². The zero-order chi connectivity index (χ0) is 15.4. The molecule has 0 bridgehead atoms. The lowest BCUT2D eigenvalue weighted by Crippen LogP contribution is -2.25. The van der Waals surface area contributed by atoms with Crippen LogP contribution < -0.4 is 5.32 Å². The van der Waals surface area contributed by atoms with Gasteiger partial charge in [0, 0.05) is 6.54 Å². The van der Waals surface area contributed by atoms with Gasteiger partial charge in [0.2, 0.25) is 0 Å². The maximum absolute atomic E-state index is 12.4. The Kier molecular flexibility index (Phi) is 4.42. The number of amides is 1. The van der Waals surface area contributed by atoms with E-state index in [2.05, 4.69) is 16.5 Å². The van der Waals surface area contributed by atoms with Crippen molar-refractivity contribution in [3.8, 4) is 11.5 Å². The van der Waals surface area contributed by atoms with Gasteiger partial charge in [0.05, 0.1) is 6.26 Å². The average Bonchev–Trinajstić information content (AvgIpc) is 3.17. The van der Waals surface area contributed by atoms with Crippen LogP contribution in [0.1, 0.15) is 48.2 Å². The van der Waals surface area contributed by atoms with E-state index >= 15 is 0 Å². The van der Waals surface area contributed by atoms with Crippen LogP contribution in [0, 0.1) is 6.92 Å². The molecule has 2 aromatic heterocycles. The summed E-state index contributed by atoms with van der Waals surface area (Å²) in [7, 11) is 0. The molecular weight excluding hydrogens is 280 g/mol. The second-order valence-electron chi connectivity index (χ2n) is 5.55. The van der Waals surface area contributed by atoms with E-state index in [9.17, 15) is 4.79 Å². The molecule has 0 saturated carbocycles. The van der Waals surface area contributed by atoms with Crippen LogP contribution in [0.5, 0.6) is 0 Å². The molecule has 116 valence electrons. The van der Waals surface area contributed by atoms with E-state index in [0.717, 1.165) is 19.3 Å². The first-order valence-corrected chi connectivity index (χ1v) is 7.72. The smallest absolute Gasteiger partial charge is 0.257 e. The first-order chi connectivity index (χ1) is 10.8. The summed E-state index contributed by atoms with van der Waals surface area (Å²) in [4.78, 5) is 12.4. The number of hydrogen-bond donors (Lipinski definition) is 1. The van der Waals surface area contributed by atoms with E-state index in [0.29, 0.717) is 29.3 Å². The van der Waals surface area contributed by atoms with Crippen LogP contribution in [0.15, 0.2) is 39.0 Å². The molecule has 0 spiro atoms. The van der Waals surface area contributed by atoms with Gasteiger partial charge < -0.3 is 14.3 Å². The van der Waals surface area contributed by atoms with E-state index < -0.39 is 0 Å². The fraction of sp³-hybridized carbons (Fsp3) is 0.412. The highest BCUT2D eigenvalue weighted by Gasteiger charge is 2.22. The molecule has 5 nitrogen and oxygen atoms in total. The first kappa shape index (κ1) is 14.6. The number of hydrogen-bond acceptors (Lipinski definition) is 4. The van der Waals surface area contributed by atoms with Gasteiger partial charge in [0.1, 0.15) is 11.3 Å². The number of allylic oxidation sites excluding steroid dienone is 1. The molecule has 2 aromatic rings. The van der Waals surface area contributed by atoms with Gasteiger partial charge in [-0.1, -0.05) is 16.8 Å². The normalized spacial score (nSPS) is 14.7. The Morgan fingerprint density at radius 2 is 2.32 bits per heavy atom. The van der Waals surface area contributed by atoms with Crippen LogP contribution in [-0.2, 0) is 0 Å². The summed E-state index contributed by atoms with van der Waals surface area (Å²) >= 11 is 0. The van der Waals surface area contributed by atoms with Gasteiger partial charge in [-0.15, -0.1) is 0 Å². The van der Waals surface area contributed by atoms with Crippen molar-refractivity contribution in [1.82, 2.24) is 10.5 Å². The van der Waals surface area contributed by atoms with Crippen LogP contribution in [0.3, 0.4) is 0 Å². The molecule has 1 amide bonds. The van der Waals surface area contributed by atoms with Gasteiger partial charge in [0.25, 0.3) is 5.91 Å². The number of carbonyl (C=O) groups excluding carboxylic acids is 1. The molecule has 22 heavy (non-hydrogen) atoms. The lowest BCUT2D eigenvalue weighted by atomic mass is 9.97. The third kappa shape index (κ3) is 3.13. The molecule has 2 heterocycles. The van der Waals surface area contributed by atoms with Crippen molar-refractivity contribution in [3.05, 3.63) is 41.4 Å². The van der Waals surface area contributed by atoms with Crippen LogP contribution in [0.4, 0.5) is 0 Å². The number of carbonyl (C=O) groups is 1. The average molecular weight is 300 g/mol. The standard InChI is InChI=1S/C17H20N2O3/c1-12-15(16(19-22-12)14-8-5-11-21-14)17(20)18-10-9-13-6-3-2-4-7-13/h5-6,8,11H,2-4,7,9-10H2,1H3,(H,18,20). The van der Waals surface area contributed by atoms with Crippen LogP contribution in [0.25, 0.3) is 11.5 Å². The number of rotatable bonds is 5. The molecule has 3 rings (SSSR count). The highest BCUT2D eigenvalue weighted by molar-refractivity contribution is 6.00. The number of aromatic nitrogens is 1. The molecule has 0 radical (unpaired) electrons. The lowest BCUT2D eigenvalue weighted by molar-refractivity contribution is 0.0953. The van der Waals surface area contributed by atoms with Crippen molar-refractivity contribution in [2.45, 2.75) is 39.0 Å². The molecule has 0 aliphatic heterocycles. The summed E-state index contributed by atoms with van der Waals surface area (Å²) in [5.74, 6) is 0.874. The molecule has 0 saturated heterocycles. The number of nitrogens with zero attached hydrogens (tertiary/aromatic N) is 1. The highest BCUT2D eigenvalue weighted by Crippen LogP contribution is 2.25. The van der Waals surface area contributed by atoms with Gasteiger partial charge in [-0.25, -0.2) is 0 Å². The predicted octanol–water partition coefficient (Wildman–Crippen LogP) is 3.86. The molecule has 5 heteroatoms. The van der Waals surface area contributed by atoms with E-state index in [1.807, 2.05) is 0 Å². The van der Waals surface area contributed by atoms with Gasteiger partial charge in [-0.2, -0.15) is 0 Å². The predicted molar refractivity (Wildman–Crippen MR) is 82.4 cm³/mol. The first-order valence-electron chi connectivity index (χ1n) is 7.72. The quantitative estimate of drug-likeness (QED) is 0.851. The third-order valence-electron chi connectivity index (χ3n) is 3.96. The Morgan fingerprint density at radius 1 is 1.41 bits per heavy atom. The second kappa shape index (κ2) is 6.64. The SMILES string of the molecule is Cc1onc(-c2ccco2)c1C(=O)NCCC1=CCCCC1. The summed E-state index contributed by atoms with van der Waals surface area (Å²) < 4.78 is 10.5. The van der Waals surface area contributed by atoms with E-state index in [1.54, 1.807) is 25.3 Å². The summed E-state index contributed by atoms with van der Waals surface area (Å²) in [6.45, 7) is 2.37. The Hall–Kier alpha value is -2.30. The Morgan fingerprint density at radius 3 is 3.05 bits per heavy atom. The summed E-state index contributed by atoms with van der Waals surface area (Å²) in [6.07, 6.45) is 9.61. The second-order valence-corrected chi connectivity index (χ2v) is 5.55. The van der Waals surface area contributed by atoms with Crippen molar-refractivity contribution in [1.29, 1.82) is 0 Å². The van der Waals surface area contributed by atoms with Gasteiger partial charge in [-0.05, 0) is 51.2 Å². The monoisotopic (exact) mass is 300 g/mol. The van der Waals surface area contributed by atoms with Crippen LogP contribution in [0.2, 0.25) is 0 Å². The minimum Gasteiger partial charge on any atom is -0.463 e. The molecule has 1 N–H and O–H groups in total. The fourth-order valence-corrected chi connectivity index (χ4v) is 2.78. The summed E-state index contributed by atoms with van der Waals surface area (Å²) in [6, 6.07) is 3.53. The molecule has 0 unspecified atom stereocenters. The topological polar surface area (TPSA) is 68.3 Å². The van der Waals surface area contributed by atoms with Gasteiger partial charge in [0.15, 0.2) is 11.5 Å². The molecule has 0 fully saturated rings. The molecule has 0 aromatic carbocycles. The van der Waals surface area contributed by atoms with E-state index in [-0.39, 0.29) is 5.91 Å².